The lowest BCUT2D eigenvalue weighted by molar-refractivity contribution is -0.112. The normalized spacial score (nSPS) is 12.6. The van der Waals surface area contributed by atoms with E-state index in [2.05, 4.69) is 6.07 Å². The molecule has 1 aromatic carbocycles. The van der Waals surface area contributed by atoms with E-state index in [0.29, 0.717) is 11.3 Å². The molecule has 0 fully saturated rings. The van der Waals surface area contributed by atoms with Crippen LogP contribution in [0.1, 0.15) is 33.3 Å². The number of aromatic nitrogens is 1. The van der Waals surface area contributed by atoms with Crippen LogP contribution in [0.25, 0.3) is 10.9 Å². The lowest BCUT2D eigenvalue weighted by Crippen LogP contribution is -2.26. The second-order valence-corrected chi connectivity index (χ2v) is 7.93. The summed E-state index contributed by atoms with van der Waals surface area (Å²) in [7, 11) is 0. The molecule has 0 saturated carbocycles. The van der Waals surface area contributed by atoms with Gasteiger partial charge >= 0.3 is 6.09 Å². The molecule has 0 aliphatic carbocycles. The Hall–Kier alpha value is -2.26. The summed E-state index contributed by atoms with van der Waals surface area (Å²) < 4.78 is 6.90. The summed E-state index contributed by atoms with van der Waals surface area (Å²) >= 11 is 1.15. The molecule has 0 spiro atoms. The number of nitriles is 1. The van der Waals surface area contributed by atoms with E-state index in [4.69, 9.17) is 4.74 Å². The number of nitrogens with zero attached hydrogens (tertiary/aromatic N) is 2. The highest BCUT2D eigenvalue weighted by Gasteiger charge is 2.24. The molecule has 0 radical (unpaired) electrons. The minimum atomic E-state index is -0.733. The van der Waals surface area contributed by atoms with Gasteiger partial charge < -0.3 is 4.74 Å². The zero-order chi connectivity index (χ0) is 18.6. The summed E-state index contributed by atoms with van der Waals surface area (Å²) in [5.41, 5.74) is 0.892. The molecular weight excluding hydrogens is 336 g/mol. The van der Waals surface area contributed by atoms with Crippen molar-refractivity contribution in [1.29, 1.82) is 5.26 Å². The first-order chi connectivity index (χ1) is 11.8. The summed E-state index contributed by atoms with van der Waals surface area (Å²) in [6, 6.07) is 9.50. The predicted molar refractivity (Wildman–Crippen MR) is 99.5 cm³/mol. The summed E-state index contributed by atoms with van der Waals surface area (Å²) in [4.78, 5) is 24.6. The molecule has 1 unspecified atom stereocenters. The van der Waals surface area contributed by atoms with Gasteiger partial charge in [-0.25, -0.2) is 4.79 Å². The summed E-state index contributed by atoms with van der Waals surface area (Å²) in [5.74, 6) is -0.0979. The van der Waals surface area contributed by atoms with Gasteiger partial charge in [0.2, 0.25) is 5.12 Å². The molecule has 0 bridgehead atoms. The molecule has 1 aromatic heterocycles. The molecule has 25 heavy (non-hydrogen) atoms. The minimum Gasteiger partial charge on any atom is -0.443 e. The maximum atomic E-state index is 12.5. The first-order valence-corrected chi connectivity index (χ1v) is 9.14. The highest BCUT2D eigenvalue weighted by molar-refractivity contribution is 8.13. The molecule has 0 aliphatic rings. The van der Waals surface area contributed by atoms with E-state index in [0.717, 1.165) is 22.7 Å². The van der Waals surface area contributed by atoms with Crippen LogP contribution in [-0.4, -0.2) is 27.1 Å². The fourth-order valence-electron chi connectivity index (χ4n) is 2.52. The van der Waals surface area contributed by atoms with Crippen molar-refractivity contribution in [3.05, 3.63) is 36.0 Å². The number of carbonyl (C=O) groups is 2. The zero-order valence-corrected chi connectivity index (χ0v) is 15.7. The standard InChI is InChI=1S/C19H22N2O3S/c1-5-25-17(22)13(11-20)10-14-12-21(18(23)24-19(2,3)4)16-9-7-6-8-15(14)16/h6-9,12-13H,5,10H2,1-4H3. The lowest BCUT2D eigenvalue weighted by atomic mass is 10.0. The third-order valence-electron chi connectivity index (χ3n) is 3.54. The number of thioether (sulfide) groups is 1. The van der Waals surface area contributed by atoms with Crippen molar-refractivity contribution < 1.29 is 14.3 Å². The van der Waals surface area contributed by atoms with Crippen LogP contribution >= 0.6 is 11.8 Å². The van der Waals surface area contributed by atoms with Gasteiger partial charge in [0, 0.05) is 11.6 Å². The van der Waals surface area contributed by atoms with Crippen LogP contribution in [0, 0.1) is 17.2 Å². The number of hydrogen-bond donors (Lipinski definition) is 0. The van der Waals surface area contributed by atoms with Crippen LogP contribution in [0.3, 0.4) is 0 Å². The quantitative estimate of drug-likeness (QED) is 0.810. The molecule has 132 valence electrons. The van der Waals surface area contributed by atoms with E-state index in [9.17, 15) is 14.9 Å². The molecule has 6 heteroatoms. The number of ether oxygens (including phenoxy) is 1. The molecule has 0 N–H and O–H groups in total. The Bertz CT molecular complexity index is 827. The number of hydrogen-bond acceptors (Lipinski definition) is 5. The SMILES string of the molecule is CCSC(=O)C(C#N)Cc1cn(C(=O)OC(C)(C)C)c2ccccc12. The van der Waals surface area contributed by atoms with Crippen molar-refractivity contribution in [3.8, 4) is 6.07 Å². The molecule has 5 nitrogen and oxygen atoms in total. The van der Waals surface area contributed by atoms with E-state index in [1.165, 1.54) is 4.57 Å². The van der Waals surface area contributed by atoms with Gasteiger partial charge in [-0.15, -0.1) is 0 Å². The van der Waals surface area contributed by atoms with Crippen LogP contribution < -0.4 is 0 Å². The van der Waals surface area contributed by atoms with Crippen molar-refractivity contribution in [2.45, 2.75) is 39.7 Å². The number of para-hydroxylation sites is 1. The number of carbonyl (C=O) groups excluding carboxylic acids is 2. The second kappa shape index (κ2) is 7.75. The molecule has 1 heterocycles. The lowest BCUT2D eigenvalue weighted by Gasteiger charge is -2.19. The molecule has 1 atom stereocenters. The molecule has 0 saturated heterocycles. The van der Waals surface area contributed by atoms with Crippen molar-refractivity contribution in [3.63, 3.8) is 0 Å². The van der Waals surface area contributed by atoms with E-state index in [1.807, 2.05) is 52.0 Å². The molecule has 0 aliphatic heterocycles. The Morgan fingerprint density at radius 1 is 1.32 bits per heavy atom. The van der Waals surface area contributed by atoms with E-state index in [-0.39, 0.29) is 11.5 Å². The Labute approximate surface area is 151 Å². The van der Waals surface area contributed by atoms with Crippen molar-refractivity contribution >= 4 is 33.9 Å². The van der Waals surface area contributed by atoms with Crippen LogP contribution in [0.5, 0.6) is 0 Å². The smallest absolute Gasteiger partial charge is 0.419 e. The van der Waals surface area contributed by atoms with Gasteiger partial charge in [-0.1, -0.05) is 36.9 Å². The van der Waals surface area contributed by atoms with Crippen molar-refractivity contribution in [2.24, 2.45) is 5.92 Å². The number of benzene rings is 1. The van der Waals surface area contributed by atoms with Gasteiger partial charge in [0.25, 0.3) is 0 Å². The summed E-state index contributed by atoms with van der Waals surface area (Å²) in [6.07, 6.45) is 1.48. The molecule has 0 amide bonds. The molecular formula is C19H22N2O3S. The van der Waals surface area contributed by atoms with Crippen LogP contribution in [0.2, 0.25) is 0 Å². The summed E-state index contributed by atoms with van der Waals surface area (Å²) in [6.45, 7) is 7.31. The topological polar surface area (TPSA) is 72.1 Å². The van der Waals surface area contributed by atoms with Gasteiger partial charge in [-0.3, -0.25) is 9.36 Å². The monoisotopic (exact) mass is 358 g/mol. The number of rotatable bonds is 4. The van der Waals surface area contributed by atoms with Crippen LogP contribution in [0.15, 0.2) is 30.5 Å². The first-order valence-electron chi connectivity index (χ1n) is 8.15. The average Bonchev–Trinajstić information content (AvgIpc) is 2.90. The summed E-state index contributed by atoms with van der Waals surface area (Å²) in [5, 5.41) is 10.1. The van der Waals surface area contributed by atoms with Gasteiger partial charge in [-0.2, -0.15) is 5.26 Å². The predicted octanol–water partition coefficient (Wildman–Crippen LogP) is 4.39. The van der Waals surface area contributed by atoms with Crippen molar-refractivity contribution in [1.82, 2.24) is 4.57 Å². The first kappa shape index (κ1) is 19.1. The Morgan fingerprint density at radius 3 is 2.60 bits per heavy atom. The molecule has 2 aromatic rings. The third-order valence-corrected chi connectivity index (χ3v) is 4.39. The third kappa shape index (κ3) is 4.64. The minimum absolute atomic E-state index is 0.140. The van der Waals surface area contributed by atoms with Crippen LogP contribution in [-0.2, 0) is 16.0 Å². The highest BCUT2D eigenvalue weighted by Crippen LogP contribution is 2.26. The zero-order valence-electron chi connectivity index (χ0n) is 14.9. The van der Waals surface area contributed by atoms with Gasteiger partial charge in [0.15, 0.2) is 0 Å². The fraction of sp³-hybridized carbons (Fsp3) is 0.421. The molecule has 2 rings (SSSR count). The van der Waals surface area contributed by atoms with Gasteiger partial charge in [0.05, 0.1) is 11.6 Å². The maximum Gasteiger partial charge on any atom is 0.419 e. The fourth-order valence-corrected chi connectivity index (χ4v) is 3.14. The van der Waals surface area contributed by atoms with E-state index < -0.39 is 17.6 Å². The number of fused-ring (bicyclic) bond motifs is 1. The maximum absolute atomic E-state index is 12.5. The van der Waals surface area contributed by atoms with Crippen molar-refractivity contribution in [2.75, 3.05) is 5.75 Å². The van der Waals surface area contributed by atoms with Gasteiger partial charge in [-0.05, 0) is 44.6 Å². The van der Waals surface area contributed by atoms with Crippen LogP contribution in [0.4, 0.5) is 4.79 Å². The largest absolute Gasteiger partial charge is 0.443 e. The Morgan fingerprint density at radius 2 is 2.00 bits per heavy atom. The average molecular weight is 358 g/mol. The van der Waals surface area contributed by atoms with E-state index in [1.54, 1.807) is 6.20 Å². The Balaban J connectivity index is 2.40. The van der Waals surface area contributed by atoms with E-state index >= 15 is 0 Å². The van der Waals surface area contributed by atoms with Gasteiger partial charge in [0.1, 0.15) is 11.5 Å². The highest BCUT2D eigenvalue weighted by atomic mass is 32.2. The Kier molecular flexibility index (Phi) is 5.91. The second-order valence-electron chi connectivity index (χ2n) is 6.66.